The Hall–Kier alpha value is -3.59. The number of rotatable bonds is 6. The summed E-state index contributed by atoms with van der Waals surface area (Å²) in [6.07, 6.45) is 0. The van der Waals surface area contributed by atoms with Crippen LogP contribution in [0.2, 0.25) is 0 Å². The number of nitrogen functional groups attached to an aromatic ring is 1. The Morgan fingerprint density at radius 3 is 1.88 bits per heavy atom. The van der Waals surface area contributed by atoms with Gasteiger partial charge in [-0.1, -0.05) is 12.1 Å². The fourth-order valence-electron chi connectivity index (χ4n) is 3.30. The molecule has 0 spiro atoms. The van der Waals surface area contributed by atoms with E-state index in [1.54, 1.807) is 38.5 Å². The van der Waals surface area contributed by atoms with Crippen LogP contribution >= 0.6 is 0 Å². The molecule has 0 atom stereocenters. The molecule has 0 aliphatic carbocycles. The minimum Gasteiger partial charge on any atom is -0.497 e. The van der Waals surface area contributed by atoms with Crippen LogP contribution in [0.4, 0.5) is 0 Å². The van der Waals surface area contributed by atoms with Crippen molar-refractivity contribution < 1.29 is 24.2 Å². The lowest BCUT2D eigenvalue weighted by atomic mass is 10.1. The molecule has 3 rings (SSSR count). The number of carboxylic acids is 1. The van der Waals surface area contributed by atoms with Gasteiger partial charge >= 0.3 is 0 Å². The molecule has 1 fully saturated rings. The van der Waals surface area contributed by atoms with Gasteiger partial charge in [-0.15, -0.1) is 0 Å². The molecule has 0 aromatic heterocycles. The van der Waals surface area contributed by atoms with E-state index in [1.807, 2.05) is 23.1 Å². The summed E-state index contributed by atoms with van der Waals surface area (Å²) in [5, 5.41) is 14.9. The summed E-state index contributed by atoms with van der Waals surface area (Å²) in [7, 11) is 3.29. The van der Waals surface area contributed by atoms with Gasteiger partial charge in [-0.2, -0.15) is 0 Å². The van der Waals surface area contributed by atoms with Crippen LogP contribution in [0.25, 0.3) is 0 Å². The summed E-state index contributed by atoms with van der Waals surface area (Å²) in [6, 6.07) is 12.8. The first-order valence-electron chi connectivity index (χ1n) is 10.1. The van der Waals surface area contributed by atoms with Gasteiger partial charge in [-0.3, -0.25) is 19.9 Å². The van der Waals surface area contributed by atoms with E-state index in [0.717, 1.165) is 43.6 Å². The molecule has 1 heterocycles. The Labute approximate surface area is 187 Å². The number of carboxylic acid groups (broad SMARTS) is 1. The van der Waals surface area contributed by atoms with Gasteiger partial charge in [0.25, 0.3) is 11.9 Å². The molecule has 9 heteroatoms. The van der Waals surface area contributed by atoms with E-state index in [4.69, 9.17) is 30.5 Å². The van der Waals surface area contributed by atoms with E-state index in [0.29, 0.717) is 24.2 Å². The van der Waals surface area contributed by atoms with Crippen molar-refractivity contribution in [2.24, 2.45) is 5.73 Å². The second-order valence-corrected chi connectivity index (χ2v) is 7.30. The maximum Gasteiger partial charge on any atom is 0.300 e. The molecule has 0 saturated carbocycles. The first-order chi connectivity index (χ1) is 15.2. The molecule has 1 aliphatic rings. The van der Waals surface area contributed by atoms with Gasteiger partial charge < -0.3 is 25.2 Å². The molecule has 1 amide bonds. The van der Waals surface area contributed by atoms with E-state index < -0.39 is 5.97 Å². The molecule has 0 radical (unpaired) electrons. The number of carbonyl (C=O) groups excluding carboxylic acids is 1. The lowest BCUT2D eigenvalue weighted by molar-refractivity contribution is -0.134. The third-order valence-corrected chi connectivity index (χ3v) is 4.92. The maximum absolute atomic E-state index is 12.7. The number of nitrogens with one attached hydrogen (secondary N) is 1. The smallest absolute Gasteiger partial charge is 0.300 e. The van der Waals surface area contributed by atoms with Crippen molar-refractivity contribution in [1.82, 2.24) is 9.80 Å². The molecular formula is C23H30N4O5. The van der Waals surface area contributed by atoms with Crippen LogP contribution < -0.4 is 15.2 Å². The van der Waals surface area contributed by atoms with Crippen LogP contribution in [0.3, 0.4) is 0 Å². The molecule has 0 bridgehead atoms. The van der Waals surface area contributed by atoms with Crippen molar-refractivity contribution in [3.63, 3.8) is 0 Å². The predicted molar refractivity (Wildman–Crippen MR) is 121 cm³/mol. The molecule has 4 N–H and O–H groups in total. The van der Waals surface area contributed by atoms with Crippen LogP contribution in [-0.2, 0) is 11.3 Å². The highest BCUT2D eigenvalue weighted by molar-refractivity contribution is 5.98. The van der Waals surface area contributed by atoms with E-state index in [-0.39, 0.29) is 11.7 Å². The molecule has 0 unspecified atom stereocenters. The van der Waals surface area contributed by atoms with Gasteiger partial charge in [-0.05, 0) is 29.8 Å². The summed E-state index contributed by atoms with van der Waals surface area (Å²) in [6.45, 7) is 4.82. The number of hydrogen-bond acceptors (Lipinski definition) is 6. The fraction of sp³-hybridized carbons (Fsp3) is 0.348. The first-order valence-corrected chi connectivity index (χ1v) is 10.1. The van der Waals surface area contributed by atoms with Gasteiger partial charge in [-0.25, -0.2) is 0 Å². The minimum absolute atomic E-state index is 0.00165. The lowest BCUT2D eigenvalue weighted by Gasteiger charge is -2.35. The zero-order chi connectivity index (χ0) is 23.7. The van der Waals surface area contributed by atoms with Crippen LogP contribution in [0, 0.1) is 5.41 Å². The average Bonchev–Trinajstić information content (AvgIpc) is 2.78. The summed E-state index contributed by atoms with van der Waals surface area (Å²) in [4.78, 5) is 25.9. The van der Waals surface area contributed by atoms with Crippen molar-refractivity contribution in [3.8, 4) is 11.5 Å². The number of amidine groups is 1. The molecule has 172 valence electrons. The van der Waals surface area contributed by atoms with Crippen LogP contribution in [-0.4, -0.2) is 73.0 Å². The molecule has 1 aliphatic heterocycles. The third kappa shape index (κ3) is 7.28. The molecular weight excluding hydrogens is 412 g/mol. The minimum atomic E-state index is -0.833. The van der Waals surface area contributed by atoms with Gasteiger partial charge in [0, 0.05) is 56.8 Å². The van der Waals surface area contributed by atoms with Crippen LogP contribution in [0.15, 0.2) is 42.5 Å². The number of amides is 1. The molecule has 2 aromatic rings. The van der Waals surface area contributed by atoms with Crippen molar-refractivity contribution in [3.05, 3.63) is 59.2 Å². The highest BCUT2D eigenvalue weighted by atomic mass is 16.5. The zero-order valence-electron chi connectivity index (χ0n) is 18.6. The Balaban J connectivity index is 0.000000837. The summed E-state index contributed by atoms with van der Waals surface area (Å²) >= 11 is 0. The highest BCUT2D eigenvalue weighted by Crippen LogP contribution is 2.24. The summed E-state index contributed by atoms with van der Waals surface area (Å²) in [5.74, 6) is 0.730. The largest absolute Gasteiger partial charge is 0.497 e. The normalized spacial score (nSPS) is 13.5. The lowest BCUT2D eigenvalue weighted by Crippen LogP contribution is -2.48. The second-order valence-electron chi connectivity index (χ2n) is 7.30. The van der Waals surface area contributed by atoms with Crippen molar-refractivity contribution in [2.45, 2.75) is 13.5 Å². The van der Waals surface area contributed by atoms with Crippen molar-refractivity contribution in [2.75, 3.05) is 40.4 Å². The van der Waals surface area contributed by atoms with Gasteiger partial charge in [0.05, 0.1) is 14.2 Å². The van der Waals surface area contributed by atoms with E-state index in [2.05, 4.69) is 4.90 Å². The number of methoxy groups -OCH3 is 2. The van der Waals surface area contributed by atoms with E-state index in [1.165, 1.54) is 0 Å². The average molecular weight is 443 g/mol. The quantitative estimate of drug-likeness (QED) is 0.461. The third-order valence-electron chi connectivity index (χ3n) is 4.92. The highest BCUT2D eigenvalue weighted by Gasteiger charge is 2.22. The summed E-state index contributed by atoms with van der Waals surface area (Å²) < 4.78 is 10.7. The number of nitrogens with two attached hydrogens (primary N) is 1. The first kappa shape index (κ1) is 24.7. The number of hydrogen-bond donors (Lipinski definition) is 3. The Morgan fingerprint density at radius 2 is 1.44 bits per heavy atom. The molecule has 2 aromatic carbocycles. The number of ether oxygens (including phenoxy) is 2. The van der Waals surface area contributed by atoms with Crippen LogP contribution in [0.1, 0.15) is 28.4 Å². The SMILES string of the molecule is CC(=O)O.COc1cc(CN2CCN(C(=O)c3ccc(C(=N)N)cc3)CC2)cc(OC)c1. The van der Waals surface area contributed by atoms with Crippen molar-refractivity contribution >= 4 is 17.7 Å². The Bertz CT molecular complexity index is 912. The second kappa shape index (κ2) is 11.7. The number of aliphatic carboxylic acids is 1. The maximum atomic E-state index is 12.7. The monoisotopic (exact) mass is 442 g/mol. The number of benzene rings is 2. The molecule has 32 heavy (non-hydrogen) atoms. The topological polar surface area (TPSA) is 129 Å². The predicted octanol–water partition coefficient (Wildman–Crippen LogP) is 2.04. The van der Waals surface area contributed by atoms with Crippen molar-refractivity contribution in [1.29, 1.82) is 5.41 Å². The number of carbonyl (C=O) groups is 2. The number of nitrogens with zero attached hydrogens (tertiary/aromatic N) is 2. The Kier molecular flexibility index (Phi) is 9.03. The standard InChI is InChI=1S/C21H26N4O3.C2H4O2/c1-27-18-11-15(12-19(13-18)28-2)14-24-7-9-25(10-8-24)21(26)17-5-3-16(4-6-17)20(22)23;1-2(3)4/h3-6,11-13H,7-10,14H2,1-2H3,(H3,22,23);1H3,(H,3,4). The van der Waals surface area contributed by atoms with E-state index in [9.17, 15) is 4.79 Å². The van der Waals surface area contributed by atoms with Gasteiger partial charge in [0.15, 0.2) is 0 Å². The molecule has 1 saturated heterocycles. The van der Waals surface area contributed by atoms with Gasteiger partial charge in [0.2, 0.25) is 0 Å². The summed E-state index contributed by atoms with van der Waals surface area (Å²) in [5.41, 5.74) is 7.83. The van der Waals surface area contributed by atoms with Gasteiger partial charge in [0.1, 0.15) is 17.3 Å². The molecule has 9 nitrogen and oxygen atoms in total. The zero-order valence-corrected chi connectivity index (χ0v) is 18.6. The Morgan fingerprint density at radius 1 is 0.969 bits per heavy atom. The fourth-order valence-corrected chi connectivity index (χ4v) is 3.30. The van der Waals surface area contributed by atoms with Crippen LogP contribution in [0.5, 0.6) is 11.5 Å². The number of piperazine rings is 1. The van der Waals surface area contributed by atoms with E-state index >= 15 is 0 Å².